The Morgan fingerprint density at radius 1 is 1.33 bits per heavy atom. The Labute approximate surface area is 101 Å². The standard InChI is InChI=1S/C12H19BrN2/c1-9(2)14-7-10(3)6-12-5-4-11(13)8-15-12/h4-5,8-10,14H,6-7H2,1-3H3. The molecule has 1 aromatic heterocycles. The van der Waals surface area contributed by atoms with E-state index in [0.717, 1.165) is 23.1 Å². The molecule has 0 fully saturated rings. The van der Waals surface area contributed by atoms with Crippen LogP contribution in [0.25, 0.3) is 0 Å². The molecule has 1 atom stereocenters. The average molecular weight is 271 g/mol. The first-order valence-electron chi connectivity index (χ1n) is 5.41. The number of rotatable bonds is 5. The molecule has 2 nitrogen and oxygen atoms in total. The van der Waals surface area contributed by atoms with Gasteiger partial charge in [0.25, 0.3) is 0 Å². The maximum atomic E-state index is 4.37. The molecule has 0 radical (unpaired) electrons. The Morgan fingerprint density at radius 2 is 2.07 bits per heavy atom. The average Bonchev–Trinajstić information content (AvgIpc) is 2.19. The van der Waals surface area contributed by atoms with Crippen LogP contribution in [0.15, 0.2) is 22.8 Å². The van der Waals surface area contributed by atoms with Gasteiger partial charge in [-0.05, 0) is 46.9 Å². The SMILES string of the molecule is CC(CNC(C)C)Cc1ccc(Br)cn1. The summed E-state index contributed by atoms with van der Waals surface area (Å²) in [5.41, 5.74) is 1.16. The summed E-state index contributed by atoms with van der Waals surface area (Å²) in [4.78, 5) is 4.37. The van der Waals surface area contributed by atoms with Crippen LogP contribution in [0.1, 0.15) is 26.5 Å². The second kappa shape index (κ2) is 6.23. The van der Waals surface area contributed by atoms with Gasteiger partial charge in [0.1, 0.15) is 0 Å². The van der Waals surface area contributed by atoms with E-state index < -0.39 is 0 Å². The Balaban J connectivity index is 2.37. The molecule has 0 aliphatic carbocycles. The predicted molar refractivity (Wildman–Crippen MR) is 67.9 cm³/mol. The van der Waals surface area contributed by atoms with Crippen LogP contribution >= 0.6 is 15.9 Å². The molecular weight excluding hydrogens is 252 g/mol. The van der Waals surface area contributed by atoms with E-state index in [9.17, 15) is 0 Å². The van der Waals surface area contributed by atoms with E-state index in [1.54, 1.807) is 0 Å². The fraction of sp³-hybridized carbons (Fsp3) is 0.583. The van der Waals surface area contributed by atoms with E-state index in [4.69, 9.17) is 0 Å². The van der Waals surface area contributed by atoms with Crippen LogP contribution in [0, 0.1) is 5.92 Å². The van der Waals surface area contributed by atoms with E-state index in [0.29, 0.717) is 12.0 Å². The molecule has 0 spiro atoms. The van der Waals surface area contributed by atoms with E-state index in [-0.39, 0.29) is 0 Å². The highest BCUT2D eigenvalue weighted by molar-refractivity contribution is 9.10. The maximum absolute atomic E-state index is 4.37. The number of nitrogens with zero attached hydrogens (tertiary/aromatic N) is 1. The highest BCUT2D eigenvalue weighted by Crippen LogP contribution is 2.10. The first-order chi connectivity index (χ1) is 7.08. The minimum absolute atomic E-state index is 0.560. The van der Waals surface area contributed by atoms with Gasteiger partial charge in [0.05, 0.1) is 0 Å². The number of hydrogen-bond donors (Lipinski definition) is 1. The van der Waals surface area contributed by atoms with Crippen LogP contribution in [0.2, 0.25) is 0 Å². The van der Waals surface area contributed by atoms with Gasteiger partial charge < -0.3 is 5.32 Å². The topological polar surface area (TPSA) is 24.9 Å². The lowest BCUT2D eigenvalue weighted by Gasteiger charge is -2.14. The molecule has 1 N–H and O–H groups in total. The predicted octanol–water partition coefficient (Wildman–Crippen LogP) is 3.02. The molecule has 1 rings (SSSR count). The first-order valence-corrected chi connectivity index (χ1v) is 6.21. The summed E-state index contributed by atoms with van der Waals surface area (Å²) in [6, 6.07) is 4.69. The van der Waals surface area contributed by atoms with Crippen LogP contribution in [-0.4, -0.2) is 17.6 Å². The van der Waals surface area contributed by atoms with Gasteiger partial charge >= 0.3 is 0 Å². The third-order valence-corrected chi connectivity index (χ3v) is 2.69. The van der Waals surface area contributed by atoms with Crippen LogP contribution in [0.4, 0.5) is 0 Å². The normalized spacial score (nSPS) is 13.1. The Morgan fingerprint density at radius 3 is 2.60 bits per heavy atom. The second-order valence-electron chi connectivity index (χ2n) is 4.34. The van der Waals surface area contributed by atoms with Crippen molar-refractivity contribution >= 4 is 15.9 Å². The van der Waals surface area contributed by atoms with Gasteiger partial charge in [-0.15, -0.1) is 0 Å². The van der Waals surface area contributed by atoms with Crippen molar-refractivity contribution in [2.75, 3.05) is 6.54 Å². The van der Waals surface area contributed by atoms with Crippen LogP contribution < -0.4 is 5.32 Å². The molecule has 0 bridgehead atoms. The molecule has 84 valence electrons. The number of hydrogen-bond acceptors (Lipinski definition) is 2. The fourth-order valence-electron chi connectivity index (χ4n) is 1.39. The van der Waals surface area contributed by atoms with Gasteiger partial charge in [0.2, 0.25) is 0 Å². The molecule has 0 aliphatic heterocycles. The highest BCUT2D eigenvalue weighted by Gasteiger charge is 2.05. The monoisotopic (exact) mass is 270 g/mol. The molecule has 0 aliphatic rings. The molecule has 15 heavy (non-hydrogen) atoms. The Bertz CT molecular complexity index is 282. The van der Waals surface area contributed by atoms with Crippen molar-refractivity contribution in [1.29, 1.82) is 0 Å². The van der Waals surface area contributed by atoms with Gasteiger partial charge in [-0.1, -0.05) is 20.8 Å². The molecule has 1 unspecified atom stereocenters. The molecule has 0 aromatic carbocycles. The van der Waals surface area contributed by atoms with Crippen molar-refractivity contribution in [3.05, 3.63) is 28.5 Å². The van der Waals surface area contributed by atoms with E-state index in [1.165, 1.54) is 0 Å². The van der Waals surface area contributed by atoms with E-state index >= 15 is 0 Å². The van der Waals surface area contributed by atoms with Crippen LogP contribution in [-0.2, 0) is 6.42 Å². The van der Waals surface area contributed by atoms with Crippen molar-refractivity contribution in [1.82, 2.24) is 10.3 Å². The fourth-order valence-corrected chi connectivity index (χ4v) is 1.63. The van der Waals surface area contributed by atoms with Crippen molar-refractivity contribution in [3.8, 4) is 0 Å². The molecule has 1 heterocycles. The summed E-state index contributed by atoms with van der Waals surface area (Å²) in [5, 5.41) is 3.44. The maximum Gasteiger partial charge on any atom is 0.0413 e. The van der Waals surface area contributed by atoms with Crippen molar-refractivity contribution < 1.29 is 0 Å². The molecule has 0 saturated heterocycles. The third kappa shape index (κ3) is 5.28. The zero-order valence-corrected chi connectivity index (χ0v) is 11.2. The molecule has 1 aromatic rings. The first kappa shape index (κ1) is 12.7. The molecule has 0 amide bonds. The van der Waals surface area contributed by atoms with Crippen LogP contribution in [0.3, 0.4) is 0 Å². The van der Waals surface area contributed by atoms with Gasteiger partial charge in [0.15, 0.2) is 0 Å². The van der Waals surface area contributed by atoms with Crippen molar-refractivity contribution in [2.45, 2.75) is 33.2 Å². The summed E-state index contributed by atoms with van der Waals surface area (Å²) < 4.78 is 1.04. The third-order valence-electron chi connectivity index (χ3n) is 2.22. The summed E-state index contributed by atoms with van der Waals surface area (Å²) in [6.45, 7) is 7.64. The van der Waals surface area contributed by atoms with Gasteiger partial charge in [-0.3, -0.25) is 4.98 Å². The zero-order valence-electron chi connectivity index (χ0n) is 9.63. The van der Waals surface area contributed by atoms with E-state index in [2.05, 4.69) is 53.1 Å². The quantitative estimate of drug-likeness (QED) is 0.890. The van der Waals surface area contributed by atoms with Gasteiger partial charge in [-0.2, -0.15) is 0 Å². The Hall–Kier alpha value is -0.410. The molecular formula is C12H19BrN2. The highest BCUT2D eigenvalue weighted by atomic mass is 79.9. The Kier molecular flexibility index (Phi) is 5.26. The summed E-state index contributed by atoms with van der Waals surface area (Å²) >= 11 is 3.39. The van der Waals surface area contributed by atoms with Crippen molar-refractivity contribution in [2.24, 2.45) is 5.92 Å². The van der Waals surface area contributed by atoms with E-state index in [1.807, 2.05) is 12.3 Å². The van der Waals surface area contributed by atoms with Crippen LogP contribution in [0.5, 0.6) is 0 Å². The number of pyridine rings is 1. The lowest BCUT2D eigenvalue weighted by atomic mass is 10.1. The number of aromatic nitrogens is 1. The zero-order chi connectivity index (χ0) is 11.3. The number of halogens is 1. The van der Waals surface area contributed by atoms with Gasteiger partial charge in [0, 0.05) is 22.4 Å². The molecule has 0 saturated carbocycles. The second-order valence-corrected chi connectivity index (χ2v) is 5.26. The minimum atomic E-state index is 0.560. The van der Waals surface area contributed by atoms with Crippen molar-refractivity contribution in [3.63, 3.8) is 0 Å². The minimum Gasteiger partial charge on any atom is -0.314 e. The summed E-state index contributed by atoms with van der Waals surface area (Å²) in [6.07, 6.45) is 2.89. The lowest BCUT2D eigenvalue weighted by molar-refractivity contribution is 0.472. The summed E-state index contributed by atoms with van der Waals surface area (Å²) in [5.74, 6) is 0.626. The smallest absolute Gasteiger partial charge is 0.0413 e. The number of nitrogens with one attached hydrogen (secondary N) is 1. The summed E-state index contributed by atoms with van der Waals surface area (Å²) in [7, 11) is 0. The lowest BCUT2D eigenvalue weighted by Crippen LogP contribution is -2.28. The van der Waals surface area contributed by atoms with Gasteiger partial charge in [-0.25, -0.2) is 0 Å². The molecule has 3 heteroatoms. The largest absolute Gasteiger partial charge is 0.314 e.